The number of hydrogen-bond acceptors (Lipinski definition) is 2. The molecule has 23 heavy (non-hydrogen) atoms. The summed E-state index contributed by atoms with van der Waals surface area (Å²) in [4.78, 5) is 12.1. The summed E-state index contributed by atoms with van der Waals surface area (Å²) in [6.45, 7) is 10.4. The summed E-state index contributed by atoms with van der Waals surface area (Å²) in [5, 5.41) is 0. The number of carbonyl (C=O) groups excluding carboxylic acids is 1. The van der Waals surface area contributed by atoms with Crippen molar-refractivity contribution in [2.75, 3.05) is 0 Å². The smallest absolute Gasteiger partial charge is 0.336 e. The van der Waals surface area contributed by atoms with E-state index in [1.807, 2.05) is 50.2 Å². The topological polar surface area (TPSA) is 26.3 Å². The fourth-order valence-electron chi connectivity index (χ4n) is 2.30. The Morgan fingerprint density at radius 1 is 0.957 bits per heavy atom. The van der Waals surface area contributed by atoms with Gasteiger partial charge in [-0.2, -0.15) is 0 Å². The van der Waals surface area contributed by atoms with Crippen molar-refractivity contribution < 1.29 is 9.53 Å². The van der Waals surface area contributed by atoms with Crippen LogP contribution in [0.25, 0.3) is 6.08 Å². The van der Waals surface area contributed by atoms with Gasteiger partial charge in [-0.15, -0.1) is 0 Å². The Bertz CT molecular complexity index is 716. The molecule has 0 spiro atoms. The predicted octanol–water partition coefficient (Wildman–Crippen LogP) is 5.22. The molecule has 0 aliphatic carbocycles. The third-order valence-electron chi connectivity index (χ3n) is 3.64. The second-order valence-electron chi connectivity index (χ2n) is 6.91. The molecule has 0 aliphatic rings. The Morgan fingerprint density at radius 3 is 2.17 bits per heavy atom. The maximum atomic E-state index is 12.1. The molecule has 0 fully saturated rings. The van der Waals surface area contributed by atoms with Crippen LogP contribution in [0.3, 0.4) is 0 Å². The van der Waals surface area contributed by atoms with Gasteiger partial charge < -0.3 is 4.74 Å². The molecule has 0 aromatic heterocycles. The maximum Gasteiger partial charge on any atom is 0.336 e. The van der Waals surface area contributed by atoms with Crippen LogP contribution in [0.4, 0.5) is 0 Å². The summed E-state index contributed by atoms with van der Waals surface area (Å²) in [5.41, 5.74) is 4.29. The van der Waals surface area contributed by atoms with Crippen molar-refractivity contribution >= 4 is 12.0 Å². The second kappa shape index (κ2) is 6.82. The Morgan fingerprint density at radius 2 is 1.57 bits per heavy atom. The maximum absolute atomic E-state index is 12.1. The highest BCUT2D eigenvalue weighted by Crippen LogP contribution is 2.32. The van der Waals surface area contributed by atoms with E-state index < -0.39 is 0 Å². The lowest BCUT2D eigenvalue weighted by atomic mass is 9.85. The van der Waals surface area contributed by atoms with Gasteiger partial charge in [0.2, 0.25) is 0 Å². The normalized spacial score (nSPS) is 11.7. The zero-order valence-electron chi connectivity index (χ0n) is 14.5. The number of ether oxygens (including phenoxy) is 1. The average Bonchev–Trinajstić information content (AvgIpc) is 2.47. The summed E-state index contributed by atoms with van der Waals surface area (Å²) in [7, 11) is 0. The van der Waals surface area contributed by atoms with Gasteiger partial charge in [0.25, 0.3) is 0 Å². The molecular weight excluding hydrogens is 284 g/mol. The van der Waals surface area contributed by atoms with Crippen molar-refractivity contribution in [2.24, 2.45) is 0 Å². The molecule has 0 atom stereocenters. The highest BCUT2D eigenvalue weighted by atomic mass is 16.5. The number of carbonyl (C=O) groups is 1. The van der Waals surface area contributed by atoms with Crippen molar-refractivity contribution in [1.82, 2.24) is 0 Å². The van der Waals surface area contributed by atoms with Gasteiger partial charge >= 0.3 is 5.97 Å². The molecule has 2 heteroatoms. The molecule has 2 aromatic carbocycles. The van der Waals surface area contributed by atoms with Gasteiger partial charge in [0, 0.05) is 11.6 Å². The van der Waals surface area contributed by atoms with Gasteiger partial charge in [-0.25, -0.2) is 4.79 Å². The first kappa shape index (κ1) is 17.0. The third-order valence-corrected chi connectivity index (χ3v) is 3.64. The van der Waals surface area contributed by atoms with Crippen molar-refractivity contribution in [3.63, 3.8) is 0 Å². The molecule has 0 saturated heterocycles. The molecule has 0 amide bonds. The Labute approximate surface area is 138 Å². The lowest BCUT2D eigenvalue weighted by Gasteiger charge is -2.22. The Kier molecular flexibility index (Phi) is 5.05. The third kappa shape index (κ3) is 4.82. The minimum absolute atomic E-state index is 0.0810. The van der Waals surface area contributed by atoms with Crippen LogP contribution < -0.4 is 4.74 Å². The first-order valence-electron chi connectivity index (χ1n) is 7.83. The highest BCUT2D eigenvalue weighted by molar-refractivity contribution is 5.88. The fourth-order valence-corrected chi connectivity index (χ4v) is 2.30. The summed E-state index contributed by atoms with van der Waals surface area (Å²) < 4.78 is 5.55. The number of benzene rings is 2. The molecule has 2 rings (SSSR count). The molecule has 0 unspecified atom stereocenters. The van der Waals surface area contributed by atoms with Crippen molar-refractivity contribution in [2.45, 2.75) is 40.0 Å². The molecule has 0 radical (unpaired) electrons. The first-order valence-corrected chi connectivity index (χ1v) is 7.83. The minimum Gasteiger partial charge on any atom is -0.423 e. The summed E-state index contributed by atoms with van der Waals surface area (Å²) >= 11 is 0. The van der Waals surface area contributed by atoms with Crippen LogP contribution in [0.15, 0.2) is 48.5 Å². The van der Waals surface area contributed by atoms with E-state index in [1.165, 1.54) is 11.6 Å². The van der Waals surface area contributed by atoms with E-state index in [2.05, 4.69) is 26.8 Å². The molecular formula is C21H24O2. The van der Waals surface area contributed by atoms with E-state index in [4.69, 9.17) is 4.74 Å². The van der Waals surface area contributed by atoms with E-state index in [0.717, 1.165) is 16.7 Å². The van der Waals surface area contributed by atoms with Crippen LogP contribution in [0.5, 0.6) is 5.75 Å². The van der Waals surface area contributed by atoms with E-state index in [1.54, 1.807) is 6.08 Å². The average molecular weight is 308 g/mol. The van der Waals surface area contributed by atoms with Crippen molar-refractivity contribution in [3.05, 3.63) is 70.8 Å². The molecule has 0 bridgehead atoms. The number of rotatable bonds is 3. The number of aryl methyl sites for hydroxylation is 2. The van der Waals surface area contributed by atoms with Gasteiger partial charge in [-0.05, 0) is 37.0 Å². The van der Waals surface area contributed by atoms with Crippen LogP contribution in [-0.4, -0.2) is 5.97 Å². The van der Waals surface area contributed by atoms with Gasteiger partial charge in [0.15, 0.2) is 0 Å². The quantitative estimate of drug-likeness (QED) is 0.441. The number of hydrogen-bond donors (Lipinski definition) is 0. The zero-order chi connectivity index (χ0) is 17.0. The lowest BCUT2D eigenvalue weighted by molar-refractivity contribution is -0.128. The predicted molar refractivity (Wildman–Crippen MR) is 95.7 cm³/mol. The molecule has 0 aliphatic heterocycles. The summed E-state index contributed by atoms with van der Waals surface area (Å²) in [5.74, 6) is 0.265. The SMILES string of the molecule is Cc1ccc(/C=C/C(=O)Oc2ccc(C)cc2C(C)(C)C)cc1. The Balaban J connectivity index is 2.16. The van der Waals surface area contributed by atoms with E-state index in [-0.39, 0.29) is 11.4 Å². The fraction of sp³-hybridized carbons (Fsp3) is 0.286. The lowest BCUT2D eigenvalue weighted by Crippen LogP contribution is -2.15. The first-order chi connectivity index (χ1) is 10.8. The standard InChI is InChI=1S/C21H24O2/c1-15-6-9-17(10-7-15)11-13-20(22)23-19-12-8-16(2)14-18(19)21(3,4)5/h6-14H,1-5H3/b13-11+. The minimum atomic E-state index is -0.361. The van der Waals surface area contributed by atoms with Gasteiger partial charge in [0.1, 0.15) is 5.75 Å². The van der Waals surface area contributed by atoms with Crippen molar-refractivity contribution in [3.8, 4) is 5.75 Å². The van der Waals surface area contributed by atoms with Gasteiger partial charge in [0.05, 0.1) is 0 Å². The zero-order valence-corrected chi connectivity index (χ0v) is 14.5. The van der Waals surface area contributed by atoms with Crippen LogP contribution in [0, 0.1) is 13.8 Å². The van der Waals surface area contributed by atoms with Crippen LogP contribution in [-0.2, 0) is 10.2 Å². The number of esters is 1. The van der Waals surface area contributed by atoms with Gasteiger partial charge in [-0.1, -0.05) is 68.3 Å². The molecule has 0 heterocycles. The van der Waals surface area contributed by atoms with Gasteiger partial charge in [-0.3, -0.25) is 0 Å². The highest BCUT2D eigenvalue weighted by Gasteiger charge is 2.20. The van der Waals surface area contributed by atoms with Crippen LogP contribution in [0.2, 0.25) is 0 Å². The largest absolute Gasteiger partial charge is 0.423 e. The van der Waals surface area contributed by atoms with Crippen LogP contribution in [0.1, 0.15) is 43.0 Å². The summed E-state index contributed by atoms with van der Waals surface area (Å²) in [6, 6.07) is 13.9. The van der Waals surface area contributed by atoms with E-state index >= 15 is 0 Å². The van der Waals surface area contributed by atoms with Crippen molar-refractivity contribution in [1.29, 1.82) is 0 Å². The summed E-state index contributed by atoms with van der Waals surface area (Å²) in [6.07, 6.45) is 3.24. The molecule has 120 valence electrons. The monoisotopic (exact) mass is 308 g/mol. The molecule has 0 N–H and O–H groups in total. The van der Waals surface area contributed by atoms with E-state index in [0.29, 0.717) is 5.75 Å². The Hall–Kier alpha value is -2.35. The molecule has 0 saturated carbocycles. The molecule has 2 nitrogen and oxygen atoms in total. The molecule has 2 aromatic rings. The van der Waals surface area contributed by atoms with E-state index in [9.17, 15) is 4.79 Å². The second-order valence-corrected chi connectivity index (χ2v) is 6.91. The van der Waals surface area contributed by atoms with Crippen LogP contribution >= 0.6 is 0 Å².